The maximum Gasteiger partial charge on any atom is 0.250 e. The topological polar surface area (TPSA) is 89.3 Å². The van der Waals surface area contributed by atoms with Crippen LogP contribution in [0.15, 0.2) is 0 Å². The molecule has 0 aromatic carbocycles. The van der Waals surface area contributed by atoms with E-state index < -0.39 is 22.0 Å². The van der Waals surface area contributed by atoms with Crippen molar-refractivity contribution in [3.05, 3.63) is 0 Å². The van der Waals surface area contributed by atoms with E-state index in [0.29, 0.717) is 12.8 Å². The molecule has 0 aromatic heterocycles. The van der Waals surface area contributed by atoms with Crippen molar-refractivity contribution in [2.75, 3.05) is 17.8 Å². The number of amides is 1. The molecule has 0 heterocycles. The van der Waals surface area contributed by atoms with Crippen LogP contribution in [0.3, 0.4) is 0 Å². The van der Waals surface area contributed by atoms with Gasteiger partial charge in [-0.3, -0.25) is 9.52 Å². The van der Waals surface area contributed by atoms with Crippen molar-refractivity contribution in [2.24, 2.45) is 5.73 Å². The first-order valence-corrected chi connectivity index (χ1v) is 7.76. The van der Waals surface area contributed by atoms with E-state index in [4.69, 9.17) is 5.73 Å². The van der Waals surface area contributed by atoms with Gasteiger partial charge in [-0.1, -0.05) is 6.92 Å². The van der Waals surface area contributed by atoms with Crippen LogP contribution in [0.25, 0.3) is 0 Å². The van der Waals surface area contributed by atoms with Gasteiger partial charge in [0, 0.05) is 0 Å². The molecule has 1 amide bonds. The van der Waals surface area contributed by atoms with Gasteiger partial charge in [-0.25, -0.2) is 8.42 Å². The highest BCUT2D eigenvalue weighted by Gasteiger charge is 2.18. The second kappa shape index (κ2) is 7.08. The molecular formula is C8H18N2O3S2. The van der Waals surface area contributed by atoms with Crippen molar-refractivity contribution in [2.45, 2.75) is 25.8 Å². The van der Waals surface area contributed by atoms with Crippen LogP contribution in [0.1, 0.15) is 19.8 Å². The molecule has 0 aliphatic heterocycles. The lowest BCUT2D eigenvalue weighted by molar-refractivity contribution is -0.120. The molecule has 90 valence electrons. The van der Waals surface area contributed by atoms with Crippen LogP contribution in [-0.2, 0) is 14.8 Å². The van der Waals surface area contributed by atoms with Crippen molar-refractivity contribution in [3.63, 3.8) is 0 Å². The summed E-state index contributed by atoms with van der Waals surface area (Å²) in [5.41, 5.74) is 5.52. The van der Waals surface area contributed by atoms with Gasteiger partial charge >= 0.3 is 0 Å². The van der Waals surface area contributed by atoms with Crippen molar-refractivity contribution in [1.82, 2.24) is 4.72 Å². The quantitative estimate of drug-likeness (QED) is 0.663. The van der Waals surface area contributed by atoms with E-state index in [1.165, 1.54) is 0 Å². The molecule has 1 atom stereocenters. The van der Waals surface area contributed by atoms with E-state index in [0.717, 1.165) is 5.75 Å². The van der Waals surface area contributed by atoms with Gasteiger partial charge in [0.2, 0.25) is 15.9 Å². The number of sulfonamides is 1. The second-order valence-corrected chi connectivity index (χ2v) is 6.00. The monoisotopic (exact) mass is 254 g/mol. The number of thioether (sulfide) groups is 1. The first kappa shape index (κ1) is 14.7. The molecule has 0 bridgehead atoms. The summed E-state index contributed by atoms with van der Waals surface area (Å²) in [6, 6.07) is -0.746. The fraction of sp³-hybridized carbons (Fsp3) is 0.875. The predicted molar refractivity (Wildman–Crippen MR) is 63.2 cm³/mol. The lowest BCUT2D eigenvalue weighted by Gasteiger charge is -2.11. The molecule has 0 unspecified atom stereocenters. The Hall–Kier alpha value is -0.270. The third-order valence-electron chi connectivity index (χ3n) is 1.70. The molecule has 7 heteroatoms. The van der Waals surface area contributed by atoms with Crippen molar-refractivity contribution < 1.29 is 13.2 Å². The molecule has 0 aliphatic rings. The highest BCUT2D eigenvalue weighted by Crippen LogP contribution is 1.99. The Morgan fingerprint density at radius 3 is 2.60 bits per heavy atom. The fourth-order valence-electron chi connectivity index (χ4n) is 0.925. The predicted octanol–water partition coefficient (Wildman–Crippen LogP) is -0.0772. The molecular weight excluding hydrogens is 236 g/mol. The maximum absolute atomic E-state index is 11.3. The van der Waals surface area contributed by atoms with Gasteiger partial charge in [-0.05, 0) is 24.9 Å². The van der Waals surface area contributed by atoms with Crippen LogP contribution in [0.5, 0.6) is 0 Å². The number of carbonyl (C=O) groups is 1. The zero-order chi connectivity index (χ0) is 11.9. The van der Waals surface area contributed by atoms with Gasteiger partial charge in [-0.15, -0.1) is 0 Å². The summed E-state index contributed by atoms with van der Waals surface area (Å²) in [6.07, 6.45) is 2.86. The van der Waals surface area contributed by atoms with Gasteiger partial charge in [0.05, 0.1) is 11.8 Å². The number of nitrogens with one attached hydrogen (secondary N) is 1. The van der Waals surface area contributed by atoms with E-state index in [1.807, 2.05) is 11.0 Å². The highest BCUT2D eigenvalue weighted by molar-refractivity contribution is 7.98. The number of rotatable bonds is 7. The van der Waals surface area contributed by atoms with Gasteiger partial charge in [0.1, 0.15) is 0 Å². The van der Waals surface area contributed by atoms with Crippen molar-refractivity contribution >= 4 is 27.7 Å². The smallest absolute Gasteiger partial charge is 0.250 e. The minimum absolute atomic E-state index is 0.0476. The standard InChI is InChI=1S/C8H18N2O3S2/c1-3-6-15(12,13)10-8(11)7(9)4-5-14-2/h7H,3-6,9H2,1-2H3,(H,10,11)/t7-/m0/s1. The summed E-state index contributed by atoms with van der Waals surface area (Å²) in [5.74, 6) is 0.0774. The van der Waals surface area contributed by atoms with Gasteiger partial charge < -0.3 is 5.73 Å². The van der Waals surface area contributed by atoms with Gasteiger partial charge in [0.15, 0.2) is 0 Å². The minimum Gasteiger partial charge on any atom is -0.320 e. The van der Waals surface area contributed by atoms with Crippen LogP contribution in [0.4, 0.5) is 0 Å². The summed E-state index contributed by atoms with van der Waals surface area (Å²) >= 11 is 1.57. The third kappa shape index (κ3) is 6.75. The Bertz CT molecular complexity index is 290. The van der Waals surface area contributed by atoms with E-state index >= 15 is 0 Å². The molecule has 0 spiro atoms. The van der Waals surface area contributed by atoms with Crippen molar-refractivity contribution in [3.8, 4) is 0 Å². The van der Waals surface area contributed by atoms with Crippen LogP contribution in [-0.4, -0.2) is 38.1 Å². The number of nitrogens with two attached hydrogens (primary N) is 1. The number of hydrogen-bond acceptors (Lipinski definition) is 5. The molecule has 0 saturated carbocycles. The largest absolute Gasteiger partial charge is 0.320 e. The lowest BCUT2D eigenvalue weighted by Crippen LogP contribution is -2.44. The van der Waals surface area contributed by atoms with E-state index in [9.17, 15) is 13.2 Å². The molecule has 0 radical (unpaired) electrons. The molecule has 15 heavy (non-hydrogen) atoms. The van der Waals surface area contributed by atoms with Crippen LogP contribution in [0.2, 0.25) is 0 Å². The Kier molecular flexibility index (Phi) is 6.95. The summed E-state index contributed by atoms with van der Waals surface area (Å²) in [5, 5.41) is 0. The van der Waals surface area contributed by atoms with Crippen LogP contribution < -0.4 is 10.5 Å². The molecule has 0 aromatic rings. The first-order valence-electron chi connectivity index (χ1n) is 4.71. The molecule has 0 fully saturated rings. The Balaban J connectivity index is 4.12. The van der Waals surface area contributed by atoms with Crippen LogP contribution >= 0.6 is 11.8 Å². The molecule has 0 saturated heterocycles. The zero-order valence-corrected chi connectivity index (χ0v) is 10.7. The Labute approximate surface area is 95.2 Å². The highest BCUT2D eigenvalue weighted by atomic mass is 32.2. The number of carbonyl (C=O) groups excluding carboxylic acids is 1. The van der Waals surface area contributed by atoms with Crippen molar-refractivity contribution in [1.29, 1.82) is 0 Å². The third-order valence-corrected chi connectivity index (χ3v) is 3.80. The van der Waals surface area contributed by atoms with Gasteiger partial charge in [0.25, 0.3) is 0 Å². The average molecular weight is 254 g/mol. The fourth-order valence-corrected chi connectivity index (χ4v) is 2.51. The molecule has 5 nitrogen and oxygen atoms in total. The molecule has 3 N–H and O–H groups in total. The Morgan fingerprint density at radius 1 is 1.53 bits per heavy atom. The summed E-state index contributed by atoms with van der Waals surface area (Å²) in [4.78, 5) is 11.3. The van der Waals surface area contributed by atoms with Gasteiger partial charge in [-0.2, -0.15) is 11.8 Å². The lowest BCUT2D eigenvalue weighted by atomic mass is 10.2. The summed E-state index contributed by atoms with van der Waals surface area (Å²) < 4.78 is 24.4. The number of hydrogen-bond donors (Lipinski definition) is 2. The average Bonchev–Trinajstić information content (AvgIpc) is 2.13. The first-order chi connectivity index (χ1) is 6.93. The van der Waals surface area contributed by atoms with E-state index in [1.54, 1.807) is 18.7 Å². The van der Waals surface area contributed by atoms with Crippen LogP contribution in [0, 0.1) is 0 Å². The normalized spacial score (nSPS) is 13.5. The van der Waals surface area contributed by atoms with E-state index in [-0.39, 0.29) is 5.75 Å². The summed E-state index contributed by atoms with van der Waals surface area (Å²) in [7, 11) is -3.49. The zero-order valence-electron chi connectivity index (χ0n) is 9.02. The van der Waals surface area contributed by atoms with E-state index in [2.05, 4.69) is 0 Å². The molecule has 0 aliphatic carbocycles. The SMILES string of the molecule is CCCS(=O)(=O)NC(=O)[C@@H](N)CCSC. The molecule has 0 rings (SSSR count). The minimum atomic E-state index is -3.49. The Morgan fingerprint density at radius 2 is 2.13 bits per heavy atom. The maximum atomic E-state index is 11.3. The summed E-state index contributed by atoms with van der Waals surface area (Å²) in [6.45, 7) is 1.73. The second-order valence-electron chi connectivity index (χ2n) is 3.17.